The number of ether oxygens (including phenoxy) is 1. The zero-order chi connectivity index (χ0) is 14.1. The summed E-state index contributed by atoms with van der Waals surface area (Å²) >= 11 is 0. The zero-order valence-electron chi connectivity index (χ0n) is 12.4. The van der Waals surface area contributed by atoms with Gasteiger partial charge in [0.05, 0.1) is 6.10 Å². The molecule has 21 heavy (non-hydrogen) atoms. The van der Waals surface area contributed by atoms with Crippen molar-refractivity contribution in [3.8, 4) is 0 Å². The molecule has 1 aliphatic heterocycles. The van der Waals surface area contributed by atoms with Gasteiger partial charge in [-0.15, -0.1) is 0 Å². The molecule has 0 N–H and O–H groups in total. The summed E-state index contributed by atoms with van der Waals surface area (Å²) in [6.45, 7) is 0.931. The van der Waals surface area contributed by atoms with Gasteiger partial charge in [0.15, 0.2) is 0 Å². The van der Waals surface area contributed by atoms with Gasteiger partial charge in [-0.2, -0.15) is 0 Å². The fourth-order valence-electron chi connectivity index (χ4n) is 4.61. The second-order valence-electron chi connectivity index (χ2n) is 6.49. The van der Waals surface area contributed by atoms with E-state index in [-0.39, 0.29) is 0 Å². The summed E-state index contributed by atoms with van der Waals surface area (Å²) in [5.41, 5.74) is 3.20. The smallest absolute Gasteiger partial charge is 0.0641 e. The summed E-state index contributed by atoms with van der Waals surface area (Å²) in [5, 5.41) is 0. The first-order valence-corrected chi connectivity index (χ1v) is 8.12. The molecule has 4 rings (SSSR count). The van der Waals surface area contributed by atoms with Crippen molar-refractivity contribution in [2.45, 2.75) is 37.7 Å². The predicted octanol–water partition coefficient (Wildman–Crippen LogP) is 4.78. The molecule has 2 atom stereocenters. The molecule has 1 nitrogen and oxygen atoms in total. The van der Waals surface area contributed by atoms with E-state index in [9.17, 15) is 0 Å². The standard InChI is InChI=1S/C20H22O/c1-3-8-16(9-4-1)19(17-10-5-2-6-11-17)20-13-7-12-18(20)21-15-14-20/h1-6,8-11,18-19H,7,12-15H2/t18?,20-/m0/s1. The maximum atomic E-state index is 6.10. The lowest BCUT2D eigenvalue weighted by Crippen LogP contribution is -2.33. The molecule has 2 aromatic rings. The Morgan fingerprint density at radius 2 is 1.48 bits per heavy atom. The first-order chi connectivity index (χ1) is 10.4. The minimum atomic E-state index is 0.308. The van der Waals surface area contributed by atoms with E-state index in [4.69, 9.17) is 4.74 Å². The highest BCUT2D eigenvalue weighted by molar-refractivity contribution is 5.36. The van der Waals surface area contributed by atoms with E-state index >= 15 is 0 Å². The molecule has 1 unspecified atom stereocenters. The Labute approximate surface area is 127 Å². The van der Waals surface area contributed by atoms with E-state index < -0.39 is 0 Å². The molecule has 2 aliphatic rings. The van der Waals surface area contributed by atoms with E-state index in [1.807, 2.05) is 0 Å². The average molecular weight is 278 g/mol. The maximum absolute atomic E-state index is 6.10. The highest BCUT2D eigenvalue weighted by Crippen LogP contribution is 2.57. The van der Waals surface area contributed by atoms with Crippen LogP contribution in [0.3, 0.4) is 0 Å². The van der Waals surface area contributed by atoms with Crippen molar-refractivity contribution in [3.63, 3.8) is 0 Å². The van der Waals surface area contributed by atoms with Crippen LogP contribution in [-0.2, 0) is 4.74 Å². The third-order valence-corrected chi connectivity index (χ3v) is 5.48. The van der Waals surface area contributed by atoms with Gasteiger partial charge in [0, 0.05) is 17.9 Å². The van der Waals surface area contributed by atoms with Gasteiger partial charge < -0.3 is 4.74 Å². The van der Waals surface area contributed by atoms with Crippen LogP contribution in [0.5, 0.6) is 0 Å². The van der Waals surface area contributed by atoms with Gasteiger partial charge >= 0.3 is 0 Å². The molecule has 0 aromatic heterocycles. The van der Waals surface area contributed by atoms with Crippen LogP contribution < -0.4 is 0 Å². The molecule has 1 saturated heterocycles. The Hall–Kier alpha value is -1.60. The van der Waals surface area contributed by atoms with Gasteiger partial charge in [0.2, 0.25) is 0 Å². The topological polar surface area (TPSA) is 9.23 Å². The van der Waals surface area contributed by atoms with E-state index in [2.05, 4.69) is 60.7 Å². The molecule has 1 aliphatic carbocycles. The number of hydrogen-bond donors (Lipinski definition) is 0. The first-order valence-electron chi connectivity index (χ1n) is 8.12. The van der Waals surface area contributed by atoms with Crippen LogP contribution in [0.15, 0.2) is 60.7 Å². The molecule has 2 fully saturated rings. The van der Waals surface area contributed by atoms with Gasteiger partial charge in [-0.1, -0.05) is 67.1 Å². The quantitative estimate of drug-likeness (QED) is 0.785. The largest absolute Gasteiger partial charge is 0.378 e. The van der Waals surface area contributed by atoms with E-state index in [1.165, 1.54) is 36.8 Å². The van der Waals surface area contributed by atoms with Gasteiger partial charge in [0.25, 0.3) is 0 Å². The summed E-state index contributed by atoms with van der Waals surface area (Å²) in [6.07, 6.45) is 5.48. The minimum absolute atomic E-state index is 0.308. The van der Waals surface area contributed by atoms with Crippen LogP contribution in [0.1, 0.15) is 42.7 Å². The van der Waals surface area contributed by atoms with Crippen molar-refractivity contribution in [2.24, 2.45) is 5.41 Å². The van der Waals surface area contributed by atoms with Crippen molar-refractivity contribution in [1.82, 2.24) is 0 Å². The van der Waals surface area contributed by atoms with Gasteiger partial charge in [-0.05, 0) is 30.4 Å². The van der Waals surface area contributed by atoms with Crippen LogP contribution in [0.2, 0.25) is 0 Å². The number of benzene rings is 2. The molecule has 0 radical (unpaired) electrons. The van der Waals surface area contributed by atoms with E-state index in [1.54, 1.807) is 0 Å². The first kappa shape index (κ1) is 13.1. The minimum Gasteiger partial charge on any atom is -0.378 e. The fourth-order valence-corrected chi connectivity index (χ4v) is 4.61. The lowest BCUT2D eigenvalue weighted by molar-refractivity contribution is 0.0630. The van der Waals surface area contributed by atoms with Crippen LogP contribution in [0.25, 0.3) is 0 Å². The maximum Gasteiger partial charge on any atom is 0.0641 e. The average Bonchev–Trinajstić information content (AvgIpc) is 3.10. The second-order valence-corrected chi connectivity index (χ2v) is 6.49. The molecular weight excluding hydrogens is 256 g/mol. The summed E-state index contributed by atoms with van der Waals surface area (Å²) < 4.78 is 6.10. The third-order valence-electron chi connectivity index (χ3n) is 5.48. The molecule has 0 amide bonds. The molecule has 0 bridgehead atoms. The van der Waals surface area contributed by atoms with Crippen LogP contribution in [-0.4, -0.2) is 12.7 Å². The predicted molar refractivity (Wildman–Crippen MR) is 85.4 cm³/mol. The zero-order valence-corrected chi connectivity index (χ0v) is 12.4. The summed E-state index contributed by atoms with van der Waals surface area (Å²) in [6, 6.07) is 22.1. The lowest BCUT2D eigenvalue weighted by Gasteiger charge is -2.38. The summed E-state index contributed by atoms with van der Waals surface area (Å²) in [4.78, 5) is 0. The van der Waals surface area contributed by atoms with Crippen molar-refractivity contribution < 1.29 is 4.74 Å². The normalized spacial score (nSPS) is 28.0. The Morgan fingerprint density at radius 3 is 2.10 bits per heavy atom. The highest BCUT2D eigenvalue weighted by atomic mass is 16.5. The summed E-state index contributed by atoms with van der Waals surface area (Å²) in [7, 11) is 0. The Morgan fingerprint density at radius 1 is 0.857 bits per heavy atom. The van der Waals surface area contributed by atoms with E-state index in [0.29, 0.717) is 17.4 Å². The van der Waals surface area contributed by atoms with Crippen molar-refractivity contribution in [2.75, 3.05) is 6.61 Å². The second kappa shape index (κ2) is 5.31. The lowest BCUT2D eigenvalue weighted by atomic mass is 9.66. The van der Waals surface area contributed by atoms with Crippen molar-refractivity contribution in [3.05, 3.63) is 71.8 Å². The Balaban J connectivity index is 1.84. The molecule has 1 saturated carbocycles. The SMILES string of the molecule is c1ccc(C(c2ccccc2)[C@]23CCCC2OCC3)cc1. The molecule has 1 heterocycles. The molecule has 108 valence electrons. The van der Waals surface area contributed by atoms with Crippen LogP contribution >= 0.6 is 0 Å². The monoisotopic (exact) mass is 278 g/mol. The molecule has 2 aromatic carbocycles. The number of hydrogen-bond acceptors (Lipinski definition) is 1. The van der Waals surface area contributed by atoms with Crippen LogP contribution in [0, 0.1) is 5.41 Å². The number of rotatable bonds is 3. The molecule has 0 spiro atoms. The summed E-state index contributed by atoms with van der Waals surface area (Å²) in [5.74, 6) is 0.468. The molecule has 1 heteroatoms. The Kier molecular flexibility index (Phi) is 3.31. The third kappa shape index (κ3) is 2.11. The van der Waals surface area contributed by atoms with Gasteiger partial charge in [0.1, 0.15) is 0 Å². The van der Waals surface area contributed by atoms with Gasteiger partial charge in [-0.3, -0.25) is 0 Å². The highest BCUT2D eigenvalue weighted by Gasteiger charge is 2.53. The van der Waals surface area contributed by atoms with Crippen molar-refractivity contribution >= 4 is 0 Å². The van der Waals surface area contributed by atoms with Crippen molar-refractivity contribution in [1.29, 1.82) is 0 Å². The fraction of sp³-hybridized carbons (Fsp3) is 0.400. The van der Waals surface area contributed by atoms with E-state index in [0.717, 1.165) is 6.61 Å². The molecular formula is C20H22O. The number of fused-ring (bicyclic) bond motifs is 1. The van der Waals surface area contributed by atoms with Crippen LogP contribution in [0.4, 0.5) is 0 Å². The van der Waals surface area contributed by atoms with Gasteiger partial charge in [-0.25, -0.2) is 0 Å². The Bertz CT molecular complexity index is 540.